The number of rotatable bonds is 8. The molecule has 0 aromatic carbocycles. The molecular weight excluding hydrogens is 410 g/mol. The number of hydrogen-bond donors (Lipinski definition) is 1. The zero-order valence-corrected chi connectivity index (χ0v) is 18.4. The first-order chi connectivity index (χ1) is 13.0. The van der Waals surface area contributed by atoms with Gasteiger partial charge < -0.3 is 24.1 Å². The van der Waals surface area contributed by atoms with E-state index in [4.69, 9.17) is 21.1 Å². The Hall–Kier alpha value is -1.94. The zero-order valence-electron chi connectivity index (χ0n) is 16.8. The Labute approximate surface area is 173 Å². The standard InChI is InChI=1S/C17H26ClN3O6S/c1-17(2,3)27-16(24)20-11(14(23)26-6)9-10-13(21(4)15(18)19-10)28-8-7-12(22)25-5/h11H,7-9H2,1-6H3,(H,20,24)/t11-/m0/s1. The van der Waals surface area contributed by atoms with Crippen molar-refractivity contribution in [1.82, 2.24) is 14.9 Å². The molecule has 0 aliphatic heterocycles. The number of hydrogen-bond acceptors (Lipinski definition) is 8. The summed E-state index contributed by atoms with van der Waals surface area (Å²) in [6, 6.07) is -1.01. The van der Waals surface area contributed by atoms with Crippen LogP contribution in [0.4, 0.5) is 4.79 Å². The molecule has 0 saturated heterocycles. The lowest BCUT2D eigenvalue weighted by atomic mass is 10.1. The normalized spacial score (nSPS) is 12.2. The first-order valence-corrected chi connectivity index (χ1v) is 9.83. The maximum atomic E-state index is 12.1. The van der Waals surface area contributed by atoms with Gasteiger partial charge in [0.05, 0.1) is 31.4 Å². The van der Waals surface area contributed by atoms with Crippen LogP contribution in [0.5, 0.6) is 0 Å². The van der Waals surface area contributed by atoms with Gasteiger partial charge in [0.25, 0.3) is 0 Å². The van der Waals surface area contributed by atoms with Crippen LogP contribution < -0.4 is 5.32 Å². The monoisotopic (exact) mass is 435 g/mol. The summed E-state index contributed by atoms with van der Waals surface area (Å²) in [6.45, 7) is 5.15. The third kappa shape index (κ3) is 7.59. The Kier molecular flexibility index (Phi) is 9.09. The van der Waals surface area contributed by atoms with Crippen molar-refractivity contribution in [1.29, 1.82) is 0 Å². The highest BCUT2D eigenvalue weighted by molar-refractivity contribution is 7.99. The number of imidazole rings is 1. The molecule has 1 atom stereocenters. The van der Waals surface area contributed by atoms with Crippen LogP contribution in [-0.2, 0) is 37.3 Å². The van der Waals surface area contributed by atoms with Crippen LogP contribution in [0.1, 0.15) is 32.9 Å². The second-order valence-electron chi connectivity index (χ2n) is 6.79. The minimum atomic E-state index is -1.01. The third-order valence-corrected chi connectivity index (χ3v) is 4.93. The van der Waals surface area contributed by atoms with E-state index >= 15 is 0 Å². The molecule has 1 amide bonds. The first-order valence-electron chi connectivity index (χ1n) is 8.46. The predicted molar refractivity (Wildman–Crippen MR) is 104 cm³/mol. The van der Waals surface area contributed by atoms with Gasteiger partial charge in [0.15, 0.2) is 0 Å². The molecule has 0 fully saturated rings. The van der Waals surface area contributed by atoms with Gasteiger partial charge in [0, 0.05) is 19.2 Å². The Morgan fingerprint density at radius 2 is 1.89 bits per heavy atom. The molecule has 28 heavy (non-hydrogen) atoms. The van der Waals surface area contributed by atoms with Gasteiger partial charge in [0.1, 0.15) is 11.6 Å². The van der Waals surface area contributed by atoms with Crippen molar-refractivity contribution < 1.29 is 28.6 Å². The summed E-state index contributed by atoms with van der Waals surface area (Å²) >= 11 is 7.46. The van der Waals surface area contributed by atoms with E-state index in [0.717, 1.165) is 0 Å². The Bertz CT molecular complexity index is 716. The van der Waals surface area contributed by atoms with Crippen LogP contribution in [0.3, 0.4) is 0 Å². The van der Waals surface area contributed by atoms with E-state index in [9.17, 15) is 14.4 Å². The van der Waals surface area contributed by atoms with Crippen LogP contribution in [0.2, 0.25) is 5.28 Å². The SMILES string of the molecule is COC(=O)CCSc1c(C[C@H](NC(=O)OC(C)(C)C)C(=O)OC)nc(Cl)n1C. The molecule has 1 N–H and O–H groups in total. The number of nitrogens with one attached hydrogen (secondary N) is 1. The van der Waals surface area contributed by atoms with Crippen molar-refractivity contribution in [2.24, 2.45) is 7.05 Å². The summed E-state index contributed by atoms with van der Waals surface area (Å²) in [6.07, 6.45) is -0.489. The zero-order chi connectivity index (χ0) is 21.5. The van der Waals surface area contributed by atoms with E-state index in [0.29, 0.717) is 16.5 Å². The highest BCUT2D eigenvalue weighted by Gasteiger charge is 2.28. The van der Waals surface area contributed by atoms with Crippen LogP contribution in [0, 0.1) is 0 Å². The molecule has 0 bridgehead atoms. The summed E-state index contributed by atoms with van der Waals surface area (Å²) in [7, 11) is 4.26. The largest absolute Gasteiger partial charge is 0.469 e. The lowest BCUT2D eigenvalue weighted by Gasteiger charge is -2.22. The summed E-state index contributed by atoms with van der Waals surface area (Å²) < 4.78 is 16.2. The van der Waals surface area contributed by atoms with Crippen LogP contribution >= 0.6 is 23.4 Å². The summed E-state index contributed by atoms with van der Waals surface area (Å²) in [5.41, 5.74) is -0.220. The van der Waals surface area contributed by atoms with Crippen molar-refractivity contribution in [2.75, 3.05) is 20.0 Å². The number of thioether (sulfide) groups is 1. The average Bonchev–Trinajstić information content (AvgIpc) is 2.86. The lowest BCUT2D eigenvalue weighted by Crippen LogP contribution is -2.45. The van der Waals surface area contributed by atoms with Crippen molar-refractivity contribution in [3.63, 3.8) is 0 Å². The number of nitrogens with zero attached hydrogens (tertiary/aromatic N) is 2. The molecular formula is C17H26ClN3O6S. The molecule has 9 nitrogen and oxygen atoms in total. The van der Waals surface area contributed by atoms with Gasteiger partial charge in [-0.05, 0) is 32.4 Å². The second-order valence-corrected chi connectivity index (χ2v) is 8.21. The van der Waals surface area contributed by atoms with Crippen molar-refractivity contribution in [3.8, 4) is 0 Å². The molecule has 1 aromatic heterocycles. The predicted octanol–water partition coefficient (Wildman–Crippen LogP) is 2.34. The minimum absolute atomic E-state index is 0.0486. The lowest BCUT2D eigenvalue weighted by molar-refractivity contribution is -0.143. The maximum Gasteiger partial charge on any atom is 0.408 e. The number of amides is 1. The number of esters is 2. The molecule has 11 heteroatoms. The number of alkyl carbamates (subject to hydrolysis) is 1. The molecule has 158 valence electrons. The molecule has 0 unspecified atom stereocenters. The Balaban J connectivity index is 2.95. The van der Waals surface area contributed by atoms with E-state index in [2.05, 4.69) is 15.0 Å². The summed E-state index contributed by atoms with van der Waals surface area (Å²) in [4.78, 5) is 39.8. The number of halogens is 1. The van der Waals surface area contributed by atoms with Gasteiger partial charge in [-0.25, -0.2) is 14.6 Å². The van der Waals surface area contributed by atoms with E-state index in [-0.39, 0.29) is 24.1 Å². The van der Waals surface area contributed by atoms with E-state index in [1.54, 1.807) is 32.4 Å². The number of carbonyl (C=O) groups is 3. The van der Waals surface area contributed by atoms with Gasteiger partial charge in [-0.3, -0.25) is 4.79 Å². The second kappa shape index (κ2) is 10.6. The van der Waals surface area contributed by atoms with Gasteiger partial charge in [0.2, 0.25) is 5.28 Å². The molecule has 0 saturated carbocycles. The highest BCUT2D eigenvalue weighted by atomic mass is 35.5. The number of carbonyl (C=O) groups excluding carboxylic acids is 3. The quantitative estimate of drug-likeness (QED) is 0.376. The van der Waals surface area contributed by atoms with Crippen LogP contribution in [-0.4, -0.2) is 59.2 Å². The molecule has 1 aromatic rings. The fourth-order valence-electron chi connectivity index (χ4n) is 2.14. The van der Waals surface area contributed by atoms with Crippen LogP contribution in [0.25, 0.3) is 0 Å². The first kappa shape index (κ1) is 24.1. The minimum Gasteiger partial charge on any atom is -0.469 e. The Morgan fingerprint density at radius 1 is 1.25 bits per heavy atom. The Morgan fingerprint density at radius 3 is 2.43 bits per heavy atom. The molecule has 0 spiro atoms. The maximum absolute atomic E-state index is 12.1. The third-order valence-electron chi connectivity index (χ3n) is 3.40. The van der Waals surface area contributed by atoms with E-state index in [1.165, 1.54) is 26.0 Å². The van der Waals surface area contributed by atoms with Crippen molar-refractivity contribution >= 4 is 41.4 Å². The van der Waals surface area contributed by atoms with Gasteiger partial charge in [-0.15, -0.1) is 11.8 Å². The molecule has 0 aliphatic carbocycles. The number of methoxy groups -OCH3 is 2. The fourth-order valence-corrected chi connectivity index (χ4v) is 3.41. The molecule has 0 radical (unpaired) electrons. The van der Waals surface area contributed by atoms with Crippen molar-refractivity contribution in [3.05, 3.63) is 11.0 Å². The topological polar surface area (TPSA) is 109 Å². The fraction of sp³-hybridized carbons (Fsp3) is 0.647. The van der Waals surface area contributed by atoms with Crippen LogP contribution in [0.15, 0.2) is 5.03 Å². The van der Waals surface area contributed by atoms with Crippen molar-refractivity contribution in [2.45, 2.75) is 50.3 Å². The number of ether oxygens (including phenoxy) is 3. The van der Waals surface area contributed by atoms with Gasteiger partial charge in [-0.1, -0.05) is 0 Å². The van der Waals surface area contributed by atoms with E-state index in [1.807, 2.05) is 0 Å². The molecule has 1 rings (SSSR count). The van der Waals surface area contributed by atoms with E-state index < -0.39 is 23.7 Å². The highest BCUT2D eigenvalue weighted by Crippen LogP contribution is 2.27. The summed E-state index contributed by atoms with van der Waals surface area (Å²) in [5, 5.41) is 3.39. The molecule has 1 heterocycles. The van der Waals surface area contributed by atoms with Gasteiger partial charge >= 0.3 is 18.0 Å². The number of aromatic nitrogens is 2. The average molecular weight is 436 g/mol. The smallest absolute Gasteiger partial charge is 0.408 e. The molecule has 0 aliphatic rings. The van der Waals surface area contributed by atoms with Gasteiger partial charge in [-0.2, -0.15) is 0 Å². The summed E-state index contributed by atoms with van der Waals surface area (Å²) in [5.74, 6) is -0.530.